The summed E-state index contributed by atoms with van der Waals surface area (Å²) in [6, 6.07) is 7.11. The summed E-state index contributed by atoms with van der Waals surface area (Å²) >= 11 is 4.59. The molecule has 33 heavy (non-hydrogen) atoms. The molecule has 2 amide bonds. The van der Waals surface area contributed by atoms with Crippen LogP contribution in [0.25, 0.3) is 11.1 Å². The van der Waals surface area contributed by atoms with Crippen molar-refractivity contribution in [1.82, 2.24) is 20.8 Å². The molecule has 3 rings (SSSR count). The molecule has 180 valence electrons. The number of carbonyl (C=O) groups is 2. The van der Waals surface area contributed by atoms with Gasteiger partial charge in [-0.25, -0.2) is 0 Å². The molecule has 1 aromatic heterocycles. The van der Waals surface area contributed by atoms with Crippen LogP contribution in [0, 0.1) is 19.8 Å². The first-order valence-corrected chi connectivity index (χ1v) is 12.1. The maximum atomic E-state index is 13.3. The van der Waals surface area contributed by atoms with E-state index in [4.69, 9.17) is 0 Å². The van der Waals surface area contributed by atoms with E-state index in [2.05, 4.69) is 41.2 Å². The summed E-state index contributed by atoms with van der Waals surface area (Å²) in [7, 11) is 0. The van der Waals surface area contributed by atoms with Gasteiger partial charge < -0.3 is 0 Å². The Morgan fingerprint density at radius 2 is 1.88 bits per heavy atom. The number of nitrogens with one attached hydrogen (secondary N) is 4. The van der Waals surface area contributed by atoms with Gasteiger partial charge in [-0.3, -0.25) is 5.10 Å². The first-order chi connectivity index (χ1) is 15.9. The van der Waals surface area contributed by atoms with Crippen molar-refractivity contribution < 1.29 is 24.6 Å². The molecule has 1 aliphatic rings. The molecule has 0 radical (unpaired) electrons. The van der Waals surface area contributed by atoms with Crippen LogP contribution in [0.4, 0.5) is 5.69 Å². The van der Waals surface area contributed by atoms with Crippen molar-refractivity contribution in [2.45, 2.75) is 58.9 Å². The number of allylic oxidation sites excluding steroid dienone is 1. The Morgan fingerprint density at radius 3 is 2.45 bits per heavy atom. The van der Waals surface area contributed by atoms with Crippen molar-refractivity contribution in [3.63, 3.8) is 0 Å². The monoisotopic (exact) mass is 493 g/mol. The average Bonchev–Trinajstić information content (AvgIpc) is 3.16. The van der Waals surface area contributed by atoms with Crippen LogP contribution in [0.1, 0.15) is 50.4 Å². The minimum absolute atomic E-state index is 0.108. The predicted octanol–water partition coefficient (Wildman–Crippen LogP) is 3.54. The van der Waals surface area contributed by atoms with E-state index in [1.807, 2.05) is 45.0 Å². The number of aromatic amines is 1. The van der Waals surface area contributed by atoms with E-state index in [0.29, 0.717) is 17.9 Å². The van der Waals surface area contributed by atoms with Crippen molar-refractivity contribution in [2.75, 3.05) is 11.9 Å². The molecule has 7 nitrogen and oxygen atoms in total. The Morgan fingerprint density at radius 1 is 1.18 bits per heavy atom. The molecule has 1 atom stereocenters. The van der Waals surface area contributed by atoms with Gasteiger partial charge in [0.25, 0.3) is 0 Å². The summed E-state index contributed by atoms with van der Waals surface area (Å²) in [5.74, 6) is -0.395. The molecule has 4 N–H and O–H groups in total. The van der Waals surface area contributed by atoms with Crippen molar-refractivity contribution in [3.05, 3.63) is 47.4 Å². The van der Waals surface area contributed by atoms with E-state index in [-0.39, 0.29) is 17.7 Å². The van der Waals surface area contributed by atoms with Crippen LogP contribution in [0.2, 0.25) is 0 Å². The number of amides is 2. The van der Waals surface area contributed by atoms with E-state index >= 15 is 0 Å². The molecular weight excluding hydrogens is 461 g/mol. The molecule has 0 aliphatic heterocycles. The topological polar surface area (TPSA) is 98.9 Å². The number of carbonyl (C=O) groups excluding carboxylic acids is 2. The molecule has 0 saturated heterocycles. The summed E-state index contributed by atoms with van der Waals surface area (Å²) in [5, 5.41) is 16.3. The second-order valence-electron chi connectivity index (χ2n) is 8.44. The number of anilines is 1. The fourth-order valence-electron chi connectivity index (χ4n) is 4.46. The zero-order valence-corrected chi connectivity index (χ0v) is 20.4. The van der Waals surface area contributed by atoms with E-state index in [1.54, 1.807) is 6.08 Å². The van der Waals surface area contributed by atoms with Crippen LogP contribution in [-0.2, 0) is 24.6 Å². The predicted molar refractivity (Wildman–Crippen MR) is 128 cm³/mol. The maximum absolute atomic E-state index is 13.3. The molecule has 1 heterocycles. The second-order valence-corrected chi connectivity index (χ2v) is 8.77. The van der Waals surface area contributed by atoms with Crippen molar-refractivity contribution in [3.8, 4) is 11.1 Å². The van der Waals surface area contributed by atoms with Crippen LogP contribution in [0.15, 0.2) is 36.0 Å². The van der Waals surface area contributed by atoms with Gasteiger partial charge in [-0.2, -0.15) is 5.10 Å². The molecular formula is C25H33N5NiO2. The van der Waals surface area contributed by atoms with Crippen molar-refractivity contribution in [2.24, 2.45) is 5.92 Å². The zero-order chi connectivity index (χ0) is 23.8. The number of rotatable bonds is 9. The van der Waals surface area contributed by atoms with Gasteiger partial charge in [0.2, 0.25) is 0 Å². The van der Waals surface area contributed by atoms with Gasteiger partial charge in [0.1, 0.15) is 0 Å². The number of hydrogen-bond donors (Lipinski definition) is 4. The van der Waals surface area contributed by atoms with Gasteiger partial charge >= 0.3 is 162 Å². The summed E-state index contributed by atoms with van der Waals surface area (Å²) in [5.41, 5.74) is 5.13. The molecule has 1 aliphatic carbocycles. The quantitative estimate of drug-likeness (QED) is 0.317. The second kappa shape index (κ2) is 11.9. The third-order valence-electron chi connectivity index (χ3n) is 6.09. The summed E-state index contributed by atoms with van der Waals surface area (Å²) in [6.07, 6.45) is 6.73. The molecule has 1 fully saturated rings. The van der Waals surface area contributed by atoms with Gasteiger partial charge in [0.15, 0.2) is 0 Å². The van der Waals surface area contributed by atoms with Gasteiger partial charge in [0.05, 0.1) is 5.69 Å². The normalized spacial score (nSPS) is 15.6. The number of benzene rings is 1. The molecule has 0 unspecified atom stereocenters. The number of nitrogens with zero attached hydrogens (tertiary/aromatic N) is 1. The van der Waals surface area contributed by atoms with Crippen LogP contribution < -0.4 is 16.0 Å². The van der Waals surface area contributed by atoms with Crippen LogP contribution in [-0.4, -0.2) is 39.6 Å². The standard InChI is InChI=1S/C25H33N5O2.Ni/c1-5-21(26-6-2)24(31)28-23(19-10-8-7-9-11-19)25(32)27-20-14-12-18(13-15-20)22-16(3)29-30-17(22)4;/h1,5,12-15,19,23,26H,6-11H2,2-4H3,(H,27,32)(H,28,31)(H,29,30);/b21-5-;/t23-;/m0./s1. The van der Waals surface area contributed by atoms with E-state index in [0.717, 1.165) is 48.2 Å². The number of aromatic nitrogens is 2. The molecule has 8 heteroatoms. The van der Waals surface area contributed by atoms with Crippen molar-refractivity contribution in [1.29, 1.82) is 0 Å². The van der Waals surface area contributed by atoms with Gasteiger partial charge in [0, 0.05) is 11.3 Å². The molecule has 2 aromatic rings. The van der Waals surface area contributed by atoms with E-state index in [1.165, 1.54) is 11.4 Å². The Bertz CT molecular complexity index is 987. The van der Waals surface area contributed by atoms with Crippen LogP contribution in [0.3, 0.4) is 0 Å². The van der Waals surface area contributed by atoms with Crippen molar-refractivity contribution >= 4 is 22.5 Å². The molecule has 0 bridgehead atoms. The first-order valence-electron chi connectivity index (χ1n) is 11.5. The van der Waals surface area contributed by atoms with E-state index in [9.17, 15) is 9.59 Å². The van der Waals surface area contributed by atoms with Gasteiger partial charge in [-0.05, 0) is 13.8 Å². The Balaban J connectivity index is 1.76. The number of aryl methyl sites for hydroxylation is 2. The Hall–Kier alpha value is -2.73. The number of H-pyrrole nitrogens is 1. The van der Waals surface area contributed by atoms with Gasteiger partial charge in [-0.15, -0.1) is 0 Å². The Labute approximate surface area is 203 Å². The average molecular weight is 494 g/mol. The first kappa shape index (κ1) is 24.9. The number of hydrogen-bond acceptors (Lipinski definition) is 4. The summed E-state index contributed by atoms with van der Waals surface area (Å²) in [6.45, 7) is 6.46. The fraction of sp³-hybridized carbons (Fsp3) is 0.440. The SMILES string of the molecule is CCN/C(=C\[CH]=[Ni])C(=O)N[C@H](C(=O)Nc1ccc(-c2c(C)n[nH]c2C)cc1)C1CCCCC1. The number of likely N-dealkylation sites (N-methyl/N-ethyl adjacent to an activating group) is 1. The third kappa shape index (κ3) is 6.41. The molecule has 1 saturated carbocycles. The zero-order valence-electron chi connectivity index (χ0n) is 19.4. The summed E-state index contributed by atoms with van der Waals surface area (Å²) < 4.78 is 0. The van der Waals surface area contributed by atoms with Crippen LogP contribution >= 0.6 is 0 Å². The molecule has 0 spiro atoms. The van der Waals surface area contributed by atoms with Gasteiger partial charge in [-0.1, -0.05) is 0 Å². The third-order valence-corrected chi connectivity index (χ3v) is 6.26. The Kier molecular flexibility index (Phi) is 9.01. The van der Waals surface area contributed by atoms with E-state index < -0.39 is 6.04 Å². The summed E-state index contributed by atoms with van der Waals surface area (Å²) in [4.78, 5) is 27.6. The minimum atomic E-state index is -0.605. The van der Waals surface area contributed by atoms with Crippen LogP contribution in [0.5, 0.6) is 0 Å². The fourth-order valence-corrected chi connectivity index (χ4v) is 4.62. The molecule has 1 aromatic carbocycles.